The van der Waals surface area contributed by atoms with Crippen molar-refractivity contribution in [3.05, 3.63) is 83.7 Å². The molecule has 6 nitrogen and oxygen atoms in total. The van der Waals surface area contributed by atoms with Gasteiger partial charge in [0.1, 0.15) is 22.7 Å². The van der Waals surface area contributed by atoms with Gasteiger partial charge in [-0.3, -0.25) is 15.0 Å². The number of likely N-dealkylation sites (tertiary alicyclic amines) is 1. The number of imidazole rings is 1. The van der Waals surface area contributed by atoms with E-state index in [1.165, 1.54) is 6.42 Å². The van der Waals surface area contributed by atoms with Gasteiger partial charge in [-0.05, 0) is 66.6 Å². The fraction of sp³-hybridized carbons (Fsp3) is 0.233. The average molecular weight is 525 g/mol. The molecule has 0 bridgehead atoms. The van der Waals surface area contributed by atoms with Crippen molar-refractivity contribution in [2.45, 2.75) is 20.3 Å². The maximum Gasteiger partial charge on any atom is 0.159 e. The molecule has 38 heavy (non-hydrogen) atoms. The Morgan fingerprint density at radius 2 is 2.13 bits per heavy atom. The van der Waals surface area contributed by atoms with Gasteiger partial charge in [-0.2, -0.15) is 5.10 Å². The predicted octanol–water partition coefficient (Wildman–Crippen LogP) is 7.23. The zero-order valence-electron chi connectivity index (χ0n) is 21.5. The molecule has 1 fully saturated rings. The fourth-order valence-electron chi connectivity index (χ4n) is 5.22. The van der Waals surface area contributed by atoms with Crippen molar-refractivity contribution >= 4 is 38.8 Å². The summed E-state index contributed by atoms with van der Waals surface area (Å²) in [5, 5.41) is 9.86. The van der Waals surface area contributed by atoms with E-state index >= 15 is 4.39 Å². The first-order valence-electron chi connectivity index (χ1n) is 12.8. The highest BCUT2D eigenvalue weighted by atomic mass is 32.1. The van der Waals surface area contributed by atoms with Gasteiger partial charge in [-0.15, -0.1) is 11.3 Å². The van der Waals surface area contributed by atoms with E-state index in [2.05, 4.69) is 38.6 Å². The topological polar surface area (TPSA) is 73.5 Å². The van der Waals surface area contributed by atoms with Gasteiger partial charge in [0.25, 0.3) is 0 Å². The molecule has 1 unspecified atom stereocenters. The fourth-order valence-corrected chi connectivity index (χ4v) is 5.94. The Bertz CT molecular complexity index is 1690. The Hall–Kier alpha value is -3.88. The zero-order valence-corrected chi connectivity index (χ0v) is 22.3. The molecule has 8 heteroatoms. The number of pyridine rings is 1. The van der Waals surface area contributed by atoms with Crippen molar-refractivity contribution in [3.8, 4) is 22.1 Å². The number of hydrogen-bond donors (Lipinski definition) is 2. The van der Waals surface area contributed by atoms with E-state index < -0.39 is 0 Å². The zero-order chi connectivity index (χ0) is 26.2. The summed E-state index contributed by atoms with van der Waals surface area (Å²) in [6.07, 6.45) is 8.83. The van der Waals surface area contributed by atoms with Gasteiger partial charge in [-0.25, -0.2) is 9.37 Å². The number of aromatic amines is 2. The lowest BCUT2D eigenvalue weighted by molar-refractivity contribution is 0.358. The summed E-state index contributed by atoms with van der Waals surface area (Å²) < 4.78 is 16.2. The van der Waals surface area contributed by atoms with Gasteiger partial charge < -0.3 is 4.98 Å². The van der Waals surface area contributed by atoms with Crippen molar-refractivity contribution in [2.75, 3.05) is 19.6 Å². The number of benzene rings is 1. The predicted molar refractivity (Wildman–Crippen MR) is 154 cm³/mol. The first kappa shape index (κ1) is 24.5. The molecule has 0 amide bonds. The van der Waals surface area contributed by atoms with E-state index in [-0.39, 0.29) is 5.82 Å². The number of nitrogens with zero attached hydrogens (tertiary/aromatic N) is 4. The van der Waals surface area contributed by atoms with Gasteiger partial charge in [0, 0.05) is 24.8 Å². The SMILES string of the molecule is C=C/C(=C\C(=C/C)c1ccc2[nH]nc(-c3nc4c(-c5cccs5)nccc4[nH]3)c2c1F)CN1CCC(C)C1. The standard InChI is InChI=1S/C30H29FN6S/c1-4-19(17-37-13-11-18(3)16-37)15-20(5-2)21-8-9-22-25(26(21)31)29(36-35-22)30-33-23-10-12-32-28(27(23)34-30)24-7-6-14-38-24/h4-10,12,14-15,18H,1,11,13,16-17H2,2-3H3,(H,33,34)(H,35,36)/b19-15+,20-5+. The molecule has 4 aromatic heterocycles. The van der Waals surface area contributed by atoms with Crippen LogP contribution in [-0.4, -0.2) is 49.7 Å². The molecule has 1 aromatic carbocycles. The molecule has 5 aromatic rings. The number of fused-ring (bicyclic) bond motifs is 2. The van der Waals surface area contributed by atoms with E-state index in [0.29, 0.717) is 33.9 Å². The van der Waals surface area contributed by atoms with Crippen molar-refractivity contribution in [1.29, 1.82) is 0 Å². The molecular weight excluding hydrogens is 495 g/mol. The first-order chi connectivity index (χ1) is 18.6. The van der Waals surface area contributed by atoms with Crippen molar-refractivity contribution in [1.82, 2.24) is 30.0 Å². The van der Waals surface area contributed by atoms with Crippen LogP contribution in [0.3, 0.4) is 0 Å². The lowest BCUT2D eigenvalue weighted by atomic mass is 9.99. The molecular formula is C30H29FN6S. The van der Waals surface area contributed by atoms with Crippen molar-refractivity contribution < 1.29 is 4.39 Å². The molecule has 0 saturated carbocycles. The minimum atomic E-state index is -0.328. The highest BCUT2D eigenvalue weighted by molar-refractivity contribution is 7.13. The number of nitrogens with one attached hydrogen (secondary N) is 2. The van der Waals surface area contributed by atoms with E-state index in [1.807, 2.05) is 60.9 Å². The van der Waals surface area contributed by atoms with Gasteiger partial charge in [0.15, 0.2) is 5.82 Å². The normalized spacial score (nSPS) is 17.2. The second-order valence-electron chi connectivity index (χ2n) is 9.84. The lowest BCUT2D eigenvalue weighted by Crippen LogP contribution is -2.22. The van der Waals surface area contributed by atoms with Crippen LogP contribution in [0.1, 0.15) is 25.8 Å². The van der Waals surface area contributed by atoms with Crippen LogP contribution >= 0.6 is 11.3 Å². The number of allylic oxidation sites excluding steroid dienone is 3. The minimum absolute atomic E-state index is 0.328. The minimum Gasteiger partial charge on any atom is -0.336 e. The van der Waals surface area contributed by atoms with E-state index in [4.69, 9.17) is 4.98 Å². The Labute approximate surface area is 224 Å². The molecule has 1 aliphatic heterocycles. The monoisotopic (exact) mass is 524 g/mol. The number of thiophene rings is 1. The van der Waals surface area contributed by atoms with Crippen LogP contribution in [-0.2, 0) is 0 Å². The van der Waals surface area contributed by atoms with Crippen LogP contribution in [0.5, 0.6) is 0 Å². The molecule has 1 aliphatic rings. The molecule has 0 aliphatic carbocycles. The van der Waals surface area contributed by atoms with Crippen molar-refractivity contribution in [2.24, 2.45) is 5.92 Å². The molecule has 6 rings (SSSR count). The molecule has 1 saturated heterocycles. The number of H-pyrrole nitrogens is 2. The lowest BCUT2D eigenvalue weighted by Gasteiger charge is -2.16. The summed E-state index contributed by atoms with van der Waals surface area (Å²) in [6.45, 7) is 11.2. The van der Waals surface area contributed by atoms with E-state index in [9.17, 15) is 0 Å². The first-order valence-corrected chi connectivity index (χ1v) is 13.7. The summed E-state index contributed by atoms with van der Waals surface area (Å²) in [7, 11) is 0. The Morgan fingerprint density at radius 1 is 1.24 bits per heavy atom. The van der Waals surface area contributed by atoms with Crippen LogP contribution in [0.4, 0.5) is 4.39 Å². The molecule has 2 N–H and O–H groups in total. The second-order valence-corrected chi connectivity index (χ2v) is 10.8. The number of hydrogen-bond acceptors (Lipinski definition) is 5. The summed E-state index contributed by atoms with van der Waals surface area (Å²) in [4.78, 5) is 16.2. The maximum atomic E-state index is 16.2. The Balaban J connectivity index is 1.40. The second kappa shape index (κ2) is 10.1. The smallest absolute Gasteiger partial charge is 0.159 e. The molecule has 0 radical (unpaired) electrons. The summed E-state index contributed by atoms with van der Waals surface area (Å²) >= 11 is 1.61. The van der Waals surface area contributed by atoms with Crippen molar-refractivity contribution in [3.63, 3.8) is 0 Å². The van der Waals surface area contributed by atoms with Crippen LogP contribution in [0.15, 0.2) is 72.3 Å². The Morgan fingerprint density at radius 3 is 2.87 bits per heavy atom. The number of halogens is 1. The number of rotatable bonds is 7. The third kappa shape index (κ3) is 4.40. The highest BCUT2D eigenvalue weighted by Crippen LogP contribution is 2.35. The quantitative estimate of drug-likeness (QED) is 0.220. The summed E-state index contributed by atoms with van der Waals surface area (Å²) in [5.74, 6) is 0.878. The summed E-state index contributed by atoms with van der Waals surface area (Å²) in [5.41, 5.74) is 5.84. The van der Waals surface area contributed by atoms with Crippen LogP contribution in [0.2, 0.25) is 0 Å². The van der Waals surface area contributed by atoms with Gasteiger partial charge in [0.05, 0.1) is 21.3 Å². The summed E-state index contributed by atoms with van der Waals surface area (Å²) in [6, 6.07) is 9.56. The number of aromatic nitrogens is 5. The molecule has 192 valence electrons. The highest BCUT2D eigenvalue weighted by Gasteiger charge is 2.22. The third-order valence-corrected chi connectivity index (χ3v) is 8.06. The molecule has 5 heterocycles. The third-order valence-electron chi connectivity index (χ3n) is 7.19. The largest absolute Gasteiger partial charge is 0.336 e. The van der Waals surface area contributed by atoms with Gasteiger partial charge >= 0.3 is 0 Å². The van der Waals surface area contributed by atoms with Crippen LogP contribution < -0.4 is 0 Å². The van der Waals surface area contributed by atoms with Crippen LogP contribution in [0.25, 0.3) is 49.6 Å². The van der Waals surface area contributed by atoms with Gasteiger partial charge in [0.2, 0.25) is 0 Å². The van der Waals surface area contributed by atoms with E-state index in [0.717, 1.165) is 52.4 Å². The molecule has 1 atom stereocenters. The van der Waals surface area contributed by atoms with E-state index in [1.54, 1.807) is 17.5 Å². The van der Waals surface area contributed by atoms with Gasteiger partial charge in [-0.1, -0.05) is 37.8 Å². The average Bonchev–Trinajstić information content (AvgIpc) is 3.73. The maximum absolute atomic E-state index is 16.2. The molecule has 0 spiro atoms. The van der Waals surface area contributed by atoms with Crippen LogP contribution in [0, 0.1) is 11.7 Å². The Kier molecular flexibility index (Phi) is 6.51.